The number of rotatable bonds is 4. The van der Waals surface area contributed by atoms with Gasteiger partial charge in [-0.05, 0) is 17.7 Å². The minimum absolute atomic E-state index is 0.0339. The highest BCUT2D eigenvalue weighted by atomic mass is 32.2. The zero-order valence-corrected chi connectivity index (χ0v) is 14.9. The molecule has 0 aliphatic carbocycles. The van der Waals surface area contributed by atoms with Crippen molar-refractivity contribution >= 4 is 21.6 Å². The largest absolute Gasteiger partial charge is 0.476 e. The van der Waals surface area contributed by atoms with Crippen molar-refractivity contribution in [3.8, 4) is 5.75 Å². The van der Waals surface area contributed by atoms with Crippen LogP contribution in [0, 0.1) is 0 Å². The number of carbonyl (C=O) groups excluding carboxylic acids is 1. The fraction of sp³-hybridized carbons (Fsp3) is 0.278. The van der Waals surface area contributed by atoms with Crippen molar-refractivity contribution in [2.24, 2.45) is 0 Å². The fourth-order valence-electron chi connectivity index (χ4n) is 2.83. The molecule has 6 nitrogen and oxygen atoms in total. The van der Waals surface area contributed by atoms with E-state index in [1.165, 1.54) is 4.31 Å². The van der Waals surface area contributed by atoms with Crippen molar-refractivity contribution in [1.82, 2.24) is 4.90 Å². The Kier molecular flexibility index (Phi) is 4.67. The molecule has 1 heterocycles. The predicted octanol–water partition coefficient (Wildman–Crippen LogP) is 1.87. The number of ether oxygens (including phenoxy) is 1. The molecule has 0 bridgehead atoms. The molecule has 0 saturated carbocycles. The molecule has 7 heteroatoms. The van der Waals surface area contributed by atoms with E-state index in [0.29, 0.717) is 18.0 Å². The second-order valence-electron chi connectivity index (χ2n) is 6.05. The molecule has 0 fully saturated rings. The third-order valence-electron chi connectivity index (χ3n) is 4.05. The Hall–Kier alpha value is -2.54. The highest BCUT2D eigenvalue weighted by Crippen LogP contribution is 2.34. The minimum atomic E-state index is -3.51. The average Bonchev–Trinajstić information content (AvgIpc) is 2.60. The van der Waals surface area contributed by atoms with Crippen LogP contribution in [0.5, 0.6) is 5.75 Å². The molecule has 0 saturated heterocycles. The number of amides is 1. The van der Waals surface area contributed by atoms with Gasteiger partial charge in [-0.25, -0.2) is 8.42 Å². The molecule has 2 aromatic rings. The zero-order valence-electron chi connectivity index (χ0n) is 14.1. The molecule has 0 N–H and O–H groups in total. The van der Waals surface area contributed by atoms with E-state index >= 15 is 0 Å². The van der Waals surface area contributed by atoms with Crippen LogP contribution in [0.2, 0.25) is 0 Å². The maximum Gasteiger partial charge on any atom is 0.265 e. The van der Waals surface area contributed by atoms with E-state index < -0.39 is 16.1 Å². The molecule has 1 atom stereocenters. The summed E-state index contributed by atoms with van der Waals surface area (Å²) in [5.41, 5.74) is 1.45. The Morgan fingerprint density at radius 2 is 1.80 bits per heavy atom. The van der Waals surface area contributed by atoms with Gasteiger partial charge in [0.15, 0.2) is 6.10 Å². The topological polar surface area (TPSA) is 66.9 Å². The van der Waals surface area contributed by atoms with Gasteiger partial charge in [-0.3, -0.25) is 9.10 Å². The lowest BCUT2D eigenvalue weighted by molar-refractivity contribution is -0.137. The van der Waals surface area contributed by atoms with E-state index in [9.17, 15) is 13.2 Å². The van der Waals surface area contributed by atoms with Crippen molar-refractivity contribution in [3.05, 3.63) is 60.2 Å². The smallest absolute Gasteiger partial charge is 0.265 e. The summed E-state index contributed by atoms with van der Waals surface area (Å²) in [6, 6.07) is 16.4. The normalized spacial score (nSPS) is 16.7. The lowest BCUT2D eigenvalue weighted by atomic mass is 10.2. The molecular formula is C18H20N2O4S. The standard InChI is InChI=1S/C18H20N2O4S/c1-19(12-14-8-4-3-5-9-14)18(21)17-13-20(25(2,22)23)15-10-6-7-11-16(15)24-17/h3-11,17H,12-13H2,1-2H3. The van der Waals surface area contributed by atoms with Gasteiger partial charge in [-0.2, -0.15) is 0 Å². The summed E-state index contributed by atoms with van der Waals surface area (Å²) in [5, 5.41) is 0. The van der Waals surface area contributed by atoms with Gasteiger partial charge in [0.2, 0.25) is 10.0 Å². The number of likely N-dealkylation sites (N-methyl/N-ethyl adjacent to an activating group) is 1. The van der Waals surface area contributed by atoms with Gasteiger partial charge < -0.3 is 9.64 Å². The molecule has 132 valence electrons. The SMILES string of the molecule is CN(Cc1ccccc1)C(=O)C1CN(S(C)(=O)=O)c2ccccc2O1. The lowest BCUT2D eigenvalue weighted by Gasteiger charge is -2.35. The first-order valence-electron chi connectivity index (χ1n) is 7.88. The second-order valence-corrected chi connectivity index (χ2v) is 7.96. The number of hydrogen-bond donors (Lipinski definition) is 0. The van der Waals surface area contributed by atoms with Gasteiger partial charge >= 0.3 is 0 Å². The van der Waals surface area contributed by atoms with E-state index in [1.807, 2.05) is 30.3 Å². The number of para-hydroxylation sites is 2. The average molecular weight is 360 g/mol. The number of sulfonamides is 1. The van der Waals surface area contributed by atoms with E-state index in [1.54, 1.807) is 36.2 Å². The fourth-order valence-corrected chi connectivity index (χ4v) is 3.74. The molecule has 2 aromatic carbocycles. The van der Waals surface area contributed by atoms with Crippen molar-refractivity contribution in [3.63, 3.8) is 0 Å². The van der Waals surface area contributed by atoms with E-state index in [0.717, 1.165) is 11.8 Å². The molecule has 1 unspecified atom stereocenters. The first-order valence-corrected chi connectivity index (χ1v) is 9.73. The van der Waals surface area contributed by atoms with E-state index in [4.69, 9.17) is 4.74 Å². The molecule has 1 aliphatic rings. The maximum absolute atomic E-state index is 12.8. The van der Waals surface area contributed by atoms with Crippen LogP contribution in [0.1, 0.15) is 5.56 Å². The van der Waals surface area contributed by atoms with Crippen molar-refractivity contribution in [2.45, 2.75) is 12.6 Å². The van der Waals surface area contributed by atoms with E-state index in [2.05, 4.69) is 0 Å². The Labute approximate surface area is 147 Å². The summed E-state index contributed by atoms with van der Waals surface area (Å²) in [5.74, 6) is 0.137. The van der Waals surface area contributed by atoms with Crippen LogP contribution in [0.25, 0.3) is 0 Å². The molecule has 0 aromatic heterocycles. The van der Waals surface area contributed by atoms with Gasteiger partial charge in [0, 0.05) is 13.6 Å². The minimum Gasteiger partial charge on any atom is -0.476 e. The summed E-state index contributed by atoms with van der Waals surface area (Å²) in [4.78, 5) is 14.3. The van der Waals surface area contributed by atoms with Crippen LogP contribution in [0.15, 0.2) is 54.6 Å². The highest BCUT2D eigenvalue weighted by molar-refractivity contribution is 7.92. The number of fused-ring (bicyclic) bond motifs is 1. The number of anilines is 1. The van der Waals surface area contributed by atoms with Gasteiger partial charge in [0.05, 0.1) is 18.5 Å². The number of carbonyl (C=O) groups is 1. The third kappa shape index (κ3) is 3.76. The molecule has 1 amide bonds. The van der Waals surface area contributed by atoms with Crippen LogP contribution in [0.4, 0.5) is 5.69 Å². The Morgan fingerprint density at radius 3 is 2.48 bits per heavy atom. The first-order chi connectivity index (χ1) is 11.9. The summed E-state index contributed by atoms with van der Waals surface area (Å²) in [7, 11) is -1.82. The first kappa shape index (κ1) is 17.3. The van der Waals surface area contributed by atoms with Gasteiger partial charge in [-0.15, -0.1) is 0 Å². The summed E-state index contributed by atoms with van der Waals surface area (Å²) in [6.07, 6.45) is 0.253. The van der Waals surface area contributed by atoms with Crippen LogP contribution in [-0.4, -0.2) is 45.2 Å². The van der Waals surface area contributed by atoms with Crippen LogP contribution < -0.4 is 9.04 Å². The summed E-state index contributed by atoms with van der Waals surface area (Å²) < 4.78 is 31.3. The summed E-state index contributed by atoms with van der Waals surface area (Å²) in [6.45, 7) is 0.397. The maximum atomic E-state index is 12.8. The highest BCUT2D eigenvalue weighted by Gasteiger charge is 2.36. The Balaban J connectivity index is 1.82. The van der Waals surface area contributed by atoms with Gasteiger partial charge in [0.25, 0.3) is 5.91 Å². The Morgan fingerprint density at radius 1 is 1.16 bits per heavy atom. The van der Waals surface area contributed by atoms with Crippen molar-refractivity contribution in [1.29, 1.82) is 0 Å². The summed E-state index contributed by atoms with van der Waals surface area (Å²) >= 11 is 0. The van der Waals surface area contributed by atoms with E-state index in [-0.39, 0.29) is 12.5 Å². The predicted molar refractivity (Wildman–Crippen MR) is 96.0 cm³/mol. The van der Waals surface area contributed by atoms with Gasteiger partial charge in [0.1, 0.15) is 5.75 Å². The molecule has 0 radical (unpaired) electrons. The van der Waals surface area contributed by atoms with Gasteiger partial charge in [-0.1, -0.05) is 42.5 Å². The van der Waals surface area contributed by atoms with Crippen molar-refractivity contribution in [2.75, 3.05) is 24.2 Å². The molecule has 0 spiro atoms. The lowest BCUT2D eigenvalue weighted by Crippen LogP contribution is -2.50. The van der Waals surface area contributed by atoms with Crippen LogP contribution in [-0.2, 0) is 21.4 Å². The van der Waals surface area contributed by atoms with Crippen LogP contribution >= 0.6 is 0 Å². The number of nitrogens with zero attached hydrogens (tertiary/aromatic N) is 2. The molecular weight excluding hydrogens is 340 g/mol. The Bertz CT molecular complexity index is 868. The number of hydrogen-bond acceptors (Lipinski definition) is 4. The monoisotopic (exact) mass is 360 g/mol. The molecule has 1 aliphatic heterocycles. The number of benzene rings is 2. The third-order valence-corrected chi connectivity index (χ3v) is 5.20. The molecule has 25 heavy (non-hydrogen) atoms. The van der Waals surface area contributed by atoms with Crippen molar-refractivity contribution < 1.29 is 17.9 Å². The zero-order chi connectivity index (χ0) is 18.0. The quantitative estimate of drug-likeness (QED) is 0.835. The second kappa shape index (κ2) is 6.76. The molecule has 3 rings (SSSR count). The van der Waals surface area contributed by atoms with Crippen LogP contribution in [0.3, 0.4) is 0 Å².